The molecule has 0 bridgehead atoms. The summed E-state index contributed by atoms with van der Waals surface area (Å²) >= 11 is 0. The molecular weight excluding hydrogens is 1130 g/mol. The lowest BCUT2D eigenvalue weighted by Crippen LogP contribution is -2.46. The summed E-state index contributed by atoms with van der Waals surface area (Å²) in [5.74, 6) is -0.132. The van der Waals surface area contributed by atoms with E-state index in [1.165, 1.54) is 385 Å². The Kier molecular flexibility index (Phi) is 71.9. The lowest BCUT2D eigenvalue weighted by atomic mass is 10.0. The number of unbranched alkanes of at least 4 members (excludes halogenated alkanes) is 63. The number of nitrogens with zero attached hydrogens (tertiary/aromatic N) is 1. The van der Waals surface area contributed by atoms with E-state index in [9.17, 15) is 19.4 Å². The SMILES string of the molecule is CCCCCCCCCC/C=C\CCCCCCCCCCCCCCCCCCCCCCCCCCCCCCCC(=O)NC(COP(=O)(O)OCC[N+](C)(C)C)C(O)CCCCCCCCCCCCCCCCCCCCCCCCCCCCC. The first-order valence-corrected chi connectivity index (χ1v) is 42.5. The summed E-state index contributed by atoms with van der Waals surface area (Å²) in [4.78, 5) is 23.5. The predicted octanol–water partition coefficient (Wildman–Crippen LogP) is 26.8. The van der Waals surface area contributed by atoms with E-state index >= 15 is 0 Å². The van der Waals surface area contributed by atoms with Crippen molar-refractivity contribution in [2.24, 2.45) is 0 Å². The third-order valence-corrected chi connectivity index (χ3v) is 20.5. The Labute approximate surface area is 564 Å². The van der Waals surface area contributed by atoms with Gasteiger partial charge in [-0.15, -0.1) is 0 Å². The van der Waals surface area contributed by atoms with Gasteiger partial charge in [0, 0.05) is 6.42 Å². The molecular formula is C81H164N2O6P+. The second-order valence-electron chi connectivity index (χ2n) is 29.9. The minimum atomic E-state index is -4.33. The van der Waals surface area contributed by atoms with Crippen LogP contribution in [0.15, 0.2) is 12.2 Å². The molecule has 0 aliphatic carbocycles. The smallest absolute Gasteiger partial charge is 0.391 e. The molecule has 538 valence electrons. The van der Waals surface area contributed by atoms with Gasteiger partial charge in [-0.25, -0.2) is 4.57 Å². The number of carbonyl (C=O) groups excluding carboxylic acids is 1. The highest BCUT2D eigenvalue weighted by Gasteiger charge is 2.28. The molecule has 0 saturated heterocycles. The predicted molar refractivity (Wildman–Crippen MR) is 397 cm³/mol. The van der Waals surface area contributed by atoms with Gasteiger partial charge in [-0.2, -0.15) is 0 Å². The summed E-state index contributed by atoms with van der Waals surface area (Å²) in [6.45, 7) is 4.97. The molecule has 0 aromatic carbocycles. The number of likely N-dealkylation sites (N-methyl/N-ethyl adjacent to an activating group) is 1. The Hall–Kier alpha value is -0.760. The third kappa shape index (κ3) is 74.6. The van der Waals surface area contributed by atoms with Crippen LogP contribution in [0.4, 0.5) is 0 Å². The van der Waals surface area contributed by atoms with Gasteiger partial charge in [0.05, 0.1) is 39.9 Å². The average molecular weight is 1290 g/mol. The van der Waals surface area contributed by atoms with Crippen molar-refractivity contribution >= 4 is 13.7 Å². The molecule has 0 aromatic rings. The van der Waals surface area contributed by atoms with Gasteiger partial charge in [0.1, 0.15) is 13.2 Å². The molecule has 0 aliphatic rings. The molecule has 0 rings (SSSR count). The first-order valence-electron chi connectivity index (χ1n) is 41.1. The molecule has 0 aliphatic heterocycles. The maximum absolute atomic E-state index is 13.1. The molecule has 0 aromatic heterocycles. The molecule has 3 unspecified atom stereocenters. The van der Waals surface area contributed by atoms with E-state index in [0.717, 1.165) is 38.5 Å². The van der Waals surface area contributed by atoms with E-state index in [4.69, 9.17) is 9.05 Å². The van der Waals surface area contributed by atoms with Crippen LogP contribution < -0.4 is 5.32 Å². The normalized spacial score (nSPS) is 13.5. The highest BCUT2D eigenvalue weighted by Crippen LogP contribution is 2.43. The number of aliphatic hydroxyl groups excluding tert-OH is 1. The van der Waals surface area contributed by atoms with Gasteiger partial charge in [0.15, 0.2) is 0 Å². The second-order valence-corrected chi connectivity index (χ2v) is 31.3. The molecule has 8 nitrogen and oxygen atoms in total. The quantitative estimate of drug-likeness (QED) is 0.0243. The highest BCUT2D eigenvalue weighted by molar-refractivity contribution is 7.47. The van der Waals surface area contributed by atoms with E-state index in [-0.39, 0.29) is 19.1 Å². The van der Waals surface area contributed by atoms with Crippen molar-refractivity contribution in [1.82, 2.24) is 5.32 Å². The lowest BCUT2D eigenvalue weighted by Gasteiger charge is -2.26. The molecule has 9 heteroatoms. The van der Waals surface area contributed by atoms with Crippen LogP contribution in [-0.2, 0) is 18.4 Å². The van der Waals surface area contributed by atoms with Crippen molar-refractivity contribution in [2.45, 2.75) is 463 Å². The van der Waals surface area contributed by atoms with Crippen molar-refractivity contribution < 1.29 is 32.9 Å². The minimum absolute atomic E-state index is 0.0790. The largest absolute Gasteiger partial charge is 0.472 e. The number of allylic oxidation sites excluding steroid dienone is 2. The van der Waals surface area contributed by atoms with Crippen molar-refractivity contribution in [1.29, 1.82) is 0 Å². The Balaban J connectivity index is 3.85. The number of hydrogen-bond donors (Lipinski definition) is 3. The molecule has 3 N–H and O–H groups in total. The molecule has 90 heavy (non-hydrogen) atoms. The van der Waals surface area contributed by atoms with Crippen LogP contribution >= 0.6 is 7.82 Å². The molecule has 0 heterocycles. The lowest BCUT2D eigenvalue weighted by molar-refractivity contribution is -0.870. The summed E-state index contributed by atoms with van der Waals surface area (Å²) in [7, 11) is 1.64. The number of rotatable bonds is 78. The number of carbonyl (C=O) groups is 1. The zero-order valence-corrected chi connectivity index (χ0v) is 62.8. The van der Waals surface area contributed by atoms with Gasteiger partial charge in [-0.3, -0.25) is 13.8 Å². The summed E-state index contributed by atoms with van der Waals surface area (Å²) in [5, 5.41) is 14.2. The summed E-state index contributed by atoms with van der Waals surface area (Å²) < 4.78 is 24.0. The number of quaternary nitrogens is 1. The monoisotopic (exact) mass is 1290 g/mol. The zero-order valence-electron chi connectivity index (χ0n) is 61.9. The van der Waals surface area contributed by atoms with Gasteiger partial charge >= 0.3 is 7.82 Å². The molecule has 1 amide bonds. The number of phosphoric ester groups is 1. The van der Waals surface area contributed by atoms with E-state index in [1.54, 1.807) is 0 Å². The Bertz CT molecular complexity index is 1470. The average Bonchev–Trinajstić information content (AvgIpc) is 3.09. The van der Waals surface area contributed by atoms with E-state index in [0.29, 0.717) is 23.9 Å². The summed E-state index contributed by atoms with van der Waals surface area (Å²) in [6.07, 6.45) is 95.2. The Morgan fingerprint density at radius 2 is 0.600 bits per heavy atom. The number of phosphoric acid groups is 1. The number of hydrogen-bond acceptors (Lipinski definition) is 5. The Morgan fingerprint density at radius 3 is 0.856 bits per heavy atom. The molecule has 0 fully saturated rings. The van der Waals surface area contributed by atoms with Crippen molar-refractivity contribution in [3.05, 3.63) is 12.2 Å². The van der Waals surface area contributed by atoms with Crippen LogP contribution in [0.3, 0.4) is 0 Å². The van der Waals surface area contributed by atoms with E-state index in [2.05, 4.69) is 31.3 Å². The highest BCUT2D eigenvalue weighted by atomic mass is 31.2. The summed E-state index contributed by atoms with van der Waals surface area (Å²) in [6, 6.07) is -0.759. The zero-order chi connectivity index (χ0) is 65.5. The third-order valence-electron chi connectivity index (χ3n) is 19.5. The molecule has 3 atom stereocenters. The maximum Gasteiger partial charge on any atom is 0.472 e. The number of amides is 1. The van der Waals surface area contributed by atoms with Gasteiger partial charge in [-0.1, -0.05) is 418 Å². The van der Waals surface area contributed by atoms with E-state index < -0.39 is 20.0 Å². The van der Waals surface area contributed by atoms with Crippen LogP contribution in [0.1, 0.15) is 450 Å². The van der Waals surface area contributed by atoms with E-state index in [1.807, 2.05) is 21.1 Å². The first kappa shape index (κ1) is 89.2. The van der Waals surface area contributed by atoms with Gasteiger partial charge in [0.2, 0.25) is 5.91 Å². The van der Waals surface area contributed by atoms with Gasteiger partial charge in [0.25, 0.3) is 0 Å². The summed E-state index contributed by atoms with van der Waals surface area (Å²) in [5.41, 5.74) is 0. The van der Waals surface area contributed by atoms with Crippen LogP contribution in [0.5, 0.6) is 0 Å². The fraction of sp³-hybridized carbons (Fsp3) is 0.963. The van der Waals surface area contributed by atoms with Crippen LogP contribution in [0.25, 0.3) is 0 Å². The number of nitrogens with one attached hydrogen (secondary N) is 1. The van der Waals surface area contributed by atoms with Crippen LogP contribution in [-0.4, -0.2) is 73.4 Å². The molecule has 0 saturated carbocycles. The van der Waals surface area contributed by atoms with Crippen molar-refractivity contribution in [3.63, 3.8) is 0 Å². The fourth-order valence-electron chi connectivity index (χ4n) is 13.2. The first-order chi connectivity index (χ1) is 44.0. The topological polar surface area (TPSA) is 105 Å². The van der Waals surface area contributed by atoms with Gasteiger partial charge < -0.3 is 19.8 Å². The van der Waals surface area contributed by atoms with Gasteiger partial charge in [-0.05, 0) is 38.5 Å². The molecule has 0 spiro atoms. The van der Waals surface area contributed by atoms with Crippen molar-refractivity contribution in [2.75, 3.05) is 40.9 Å². The second kappa shape index (κ2) is 72.5. The molecule has 0 radical (unpaired) electrons. The standard InChI is InChI=1S/C81H163N2O6P/c1-6-8-10-12-14-16-18-20-22-24-26-28-30-32-34-35-36-37-38-39-40-41-42-43-44-45-46-47-49-51-53-55-57-59-61-63-65-67-69-71-73-75-81(85)82-79(78-89-90(86,87)88-77-76-83(3,4)5)80(84)74-72-70-68-66-64-62-60-58-56-54-52-50-48-33-31-29-27-25-23-21-19-17-15-13-11-9-7-2/h24,26,79-80,84H,6-23,25,27-78H2,1-5H3,(H-,82,85,86,87)/p+1/b26-24-. The van der Waals surface area contributed by atoms with Crippen LogP contribution in [0.2, 0.25) is 0 Å². The van der Waals surface area contributed by atoms with Crippen molar-refractivity contribution in [3.8, 4) is 0 Å². The minimum Gasteiger partial charge on any atom is -0.391 e. The Morgan fingerprint density at radius 1 is 0.367 bits per heavy atom. The number of aliphatic hydroxyl groups is 1. The van der Waals surface area contributed by atoms with Crippen LogP contribution in [0, 0.1) is 0 Å². The maximum atomic E-state index is 13.1. The fourth-order valence-corrected chi connectivity index (χ4v) is 13.9.